The maximum Gasteiger partial charge on any atom is 0.231 e. The van der Waals surface area contributed by atoms with Gasteiger partial charge in [0.15, 0.2) is 11.5 Å². The Kier molecular flexibility index (Phi) is 6.95. The lowest BCUT2D eigenvalue weighted by atomic mass is 9.88. The molecule has 0 N–H and O–H groups in total. The van der Waals surface area contributed by atoms with Crippen LogP contribution in [0.5, 0.6) is 17.2 Å². The van der Waals surface area contributed by atoms with Crippen molar-refractivity contribution >= 4 is 5.91 Å². The lowest BCUT2D eigenvalue weighted by Gasteiger charge is -2.26. The van der Waals surface area contributed by atoms with Crippen molar-refractivity contribution in [2.45, 2.75) is 32.2 Å². The number of nitrogens with zero attached hydrogens (tertiary/aromatic N) is 1. The van der Waals surface area contributed by atoms with E-state index < -0.39 is 0 Å². The van der Waals surface area contributed by atoms with Gasteiger partial charge in [-0.05, 0) is 47.4 Å². The van der Waals surface area contributed by atoms with Gasteiger partial charge in [0, 0.05) is 25.4 Å². The van der Waals surface area contributed by atoms with Crippen molar-refractivity contribution in [3.8, 4) is 17.2 Å². The molecule has 0 saturated heterocycles. The molecule has 0 bridgehead atoms. The van der Waals surface area contributed by atoms with Gasteiger partial charge in [-0.2, -0.15) is 0 Å². The third-order valence-electron chi connectivity index (χ3n) is 5.85. The summed E-state index contributed by atoms with van der Waals surface area (Å²) in [6, 6.07) is 24.4. The monoisotopic (exact) mass is 431 g/mol. The van der Waals surface area contributed by atoms with Crippen LogP contribution in [0.25, 0.3) is 0 Å². The first kappa shape index (κ1) is 21.8. The van der Waals surface area contributed by atoms with Gasteiger partial charge in [-0.1, -0.05) is 55.5 Å². The molecule has 5 nitrogen and oxygen atoms in total. The summed E-state index contributed by atoms with van der Waals surface area (Å²) in [4.78, 5) is 14.7. The molecule has 0 aliphatic carbocycles. The fraction of sp³-hybridized carbons (Fsp3) is 0.296. The van der Waals surface area contributed by atoms with Crippen molar-refractivity contribution in [2.24, 2.45) is 0 Å². The molecular formula is C27H29NO4. The zero-order valence-corrected chi connectivity index (χ0v) is 18.6. The Labute approximate surface area is 189 Å². The van der Waals surface area contributed by atoms with E-state index in [1.165, 1.54) is 0 Å². The van der Waals surface area contributed by atoms with Crippen LogP contribution in [0.1, 0.15) is 42.4 Å². The molecule has 0 radical (unpaired) electrons. The summed E-state index contributed by atoms with van der Waals surface area (Å²) in [6.07, 6.45) is 1.27. The average Bonchev–Trinajstić information content (AvgIpc) is 3.32. The van der Waals surface area contributed by atoms with E-state index in [2.05, 4.69) is 36.4 Å². The van der Waals surface area contributed by atoms with Crippen molar-refractivity contribution in [1.29, 1.82) is 0 Å². The maximum absolute atomic E-state index is 12.7. The summed E-state index contributed by atoms with van der Waals surface area (Å²) in [5.74, 6) is 2.59. The van der Waals surface area contributed by atoms with E-state index in [0.717, 1.165) is 40.4 Å². The molecule has 1 atom stereocenters. The number of rotatable bonds is 9. The van der Waals surface area contributed by atoms with Crippen LogP contribution in [0, 0.1) is 0 Å². The Morgan fingerprint density at radius 2 is 1.75 bits per heavy atom. The van der Waals surface area contributed by atoms with E-state index in [1.54, 1.807) is 7.11 Å². The van der Waals surface area contributed by atoms with E-state index in [-0.39, 0.29) is 18.6 Å². The first-order valence-corrected chi connectivity index (χ1v) is 11.0. The Bertz CT molecular complexity index is 1050. The molecule has 1 amide bonds. The number of ether oxygens (including phenoxy) is 3. The van der Waals surface area contributed by atoms with Gasteiger partial charge in [0.25, 0.3) is 0 Å². The molecule has 5 heteroatoms. The molecule has 166 valence electrons. The fourth-order valence-corrected chi connectivity index (χ4v) is 4.12. The molecule has 0 saturated carbocycles. The molecule has 0 aromatic heterocycles. The van der Waals surface area contributed by atoms with Gasteiger partial charge < -0.3 is 19.1 Å². The van der Waals surface area contributed by atoms with Crippen molar-refractivity contribution in [1.82, 2.24) is 4.90 Å². The third kappa shape index (κ3) is 5.05. The van der Waals surface area contributed by atoms with Crippen LogP contribution >= 0.6 is 0 Å². The zero-order chi connectivity index (χ0) is 22.3. The van der Waals surface area contributed by atoms with E-state index in [9.17, 15) is 4.79 Å². The van der Waals surface area contributed by atoms with Gasteiger partial charge >= 0.3 is 0 Å². The van der Waals surface area contributed by atoms with Crippen LogP contribution in [0.2, 0.25) is 0 Å². The van der Waals surface area contributed by atoms with E-state index in [4.69, 9.17) is 14.2 Å². The van der Waals surface area contributed by atoms with Crippen LogP contribution in [0.4, 0.5) is 0 Å². The highest BCUT2D eigenvalue weighted by molar-refractivity contribution is 5.75. The van der Waals surface area contributed by atoms with Crippen LogP contribution in [0.15, 0.2) is 72.8 Å². The third-order valence-corrected chi connectivity index (χ3v) is 5.85. The van der Waals surface area contributed by atoms with Crippen molar-refractivity contribution < 1.29 is 19.0 Å². The van der Waals surface area contributed by atoms with Crippen molar-refractivity contribution in [2.75, 3.05) is 20.4 Å². The second-order valence-electron chi connectivity index (χ2n) is 7.89. The zero-order valence-electron chi connectivity index (χ0n) is 18.6. The molecule has 0 spiro atoms. The minimum Gasteiger partial charge on any atom is -0.497 e. The summed E-state index contributed by atoms with van der Waals surface area (Å²) >= 11 is 0. The fourth-order valence-electron chi connectivity index (χ4n) is 4.12. The molecule has 3 aromatic carbocycles. The summed E-state index contributed by atoms with van der Waals surface area (Å²) in [7, 11) is 1.68. The standard InChI is InChI=1S/C27H29NO4/c1-3-27(29)28(18-20-8-5-4-6-9-20)15-14-24(21-10-7-11-23(16-21)30-2)22-12-13-25-26(17-22)32-19-31-25/h4-13,16-17,24H,3,14-15,18-19H2,1-2H3. The molecule has 1 heterocycles. The molecule has 1 unspecified atom stereocenters. The Hall–Kier alpha value is -3.47. The number of benzene rings is 3. The molecule has 4 rings (SSSR count). The summed E-state index contributed by atoms with van der Waals surface area (Å²) in [6.45, 7) is 3.42. The number of fused-ring (bicyclic) bond motifs is 1. The molecule has 1 aliphatic rings. The number of hydrogen-bond donors (Lipinski definition) is 0. The normalized spacial score (nSPS) is 12.9. The Balaban J connectivity index is 1.61. The highest BCUT2D eigenvalue weighted by Gasteiger charge is 2.22. The van der Waals surface area contributed by atoms with Crippen molar-refractivity contribution in [3.63, 3.8) is 0 Å². The second kappa shape index (κ2) is 10.2. The summed E-state index contributed by atoms with van der Waals surface area (Å²) in [5.41, 5.74) is 3.41. The van der Waals surface area contributed by atoms with Gasteiger partial charge in [0.2, 0.25) is 12.7 Å². The van der Waals surface area contributed by atoms with Gasteiger partial charge in [-0.3, -0.25) is 4.79 Å². The number of hydrogen-bond acceptors (Lipinski definition) is 4. The largest absolute Gasteiger partial charge is 0.497 e. The number of carbonyl (C=O) groups is 1. The van der Waals surface area contributed by atoms with Gasteiger partial charge in [0.05, 0.1) is 7.11 Å². The summed E-state index contributed by atoms with van der Waals surface area (Å²) in [5, 5.41) is 0. The first-order valence-electron chi connectivity index (χ1n) is 11.0. The summed E-state index contributed by atoms with van der Waals surface area (Å²) < 4.78 is 16.6. The SMILES string of the molecule is CCC(=O)N(CCC(c1cccc(OC)c1)c1ccc2c(c1)OCO2)Cc1ccccc1. The highest BCUT2D eigenvalue weighted by Crippen LogP contribution is 2.38. The molecule has 32 heavy (non-hydrogen) atoms. The van der Waals surface area contributed by atoms with E-state index >= 15 is 0 Å². The first-order chi connectivity index (χ1) is 15.7. The molecule has 0 fully saturated rings. The predicted molar refractivity (Wildman–Crippen MR) is 124 cm³/mol. The lowest BCUT2D eigenvalue weighted by molar-refractivity contribution is -0.131. The highest BCUT2D eigenvalue weighted by atomic mass is 16.7. The van der Waals surface area contributed by atoms with E-state index in [0.29, 0.717) is 19.5 Å². The van der Waals surface area contributed by atoms with Crippen LogP contribution in [0.3, 0.4) is 0 Å². The lowest BCUT2D eigenvalue weighted by Crippen LogP contribution is -2.31. The maximum atomic E-state index is 12.7. The topological polar surface area (TPSA) is 48.0 Å². The van der Waals surface area contributed by atoms with Crippen LogP contribution < -0.4 is 14.2 Å². The second-order valence-corrected chi connectivity index (χ2v) is 7.89. The quantitative estimate of drug-likeness (QED) is 0.456. The van der Waals surface area contributed by atoms with Crippen molar-refractivity contribution in [3.05, 3.63) is 89.5 Å². The molecule has 1 aliphatic heterocycles. The van der Waals surface area contributed by atoms with Crippen LogP contribution in [-0.4, -0.2) is 31.3 Å². The number of amides is 1. The van der Waals surface area contributed by atoms with Gasteiger partial charge in [-0.15, -0.1) is 0 Å². The Morgan fingerprint density at radius 1 is 0.969 bits per heavy atom. The van der Waals surface area contributed by atoms with E-state index in [1.807, 2.05) is 48.2 Å². The van der Waals surface area contributed by atoms with Gasteiger partial charge in [-0.25, -0.2) is 0 Å². The number of carbonyl (C=O) groups excluding carboxylic acids is 1. The van der Waals surface area contributed by atoms with Gasteiger partial charge in [0.1, 0.15) is 5.75 Å². The number of methoxy groups -OCH3 is 1. The average molecular weight is 432 g/mol. The molecule has 3 aromatic rings. The molecular weight excluding hydrogens is 402 g/mol. The predicted octanol–water partition coefficient (Wildman–Crippen LogP) is 5.38. The Morgan fingerprint density at radius 3 is 2.53 bits per heavy atom. The minimum absolute atomic E-state index is 0.0857. The minimum atomic E-state index is 0.0857. The smallest absolute Gasteiger partial charge is 0.231 e. The van der Waals surface area contributed by atoms with Crippen LogP contribution in [-0.2, 0) is 11.3 Å².